The molecular formula is C16H21FN2O2. The van der Waals surface area contributed by atoms with Gasteiger partial charge in [-0.3, -0.25) is 4.79 Å². The molecule has 1 atom stereocenters. The molecule has 1 saturated heterocycles. The van der Waals surface area contributed by atoms with E-state index in [4.69, 9.17) is 4.74 Å². The predicted octanol–water partition coefficient (Wildman–Crippen LogP) is 2.19. The molecule has 1 saturated carbocycles. The summed E-state index contributed by atoms with van der Waals surface area (Å²) >= 11 is 0. The lowest BCUT2D eigenvalue weighted by Gasteiger charge is -2.25. The molecule has 1 aromatic carbocycles. The van der Waals surface area contributed by atoms with Crippen LogP contribution < -0.4 is 15.0 Å². The van der Waals surface area contributed by atoms with E-state index in [1.807, 2.05) is 0 Å². The molecule has 3 rings (SSSR count). The van der Waals surface area contributed by atoms with Crippen LogP contribution in [0.3, 0.4) is 0 Å². The van der Waals surface area contributed by atoms with Crippen molar-refractivity contribution in [3.05, 3.63) is 24.0 Å². The number of hydrogen-bond donors (Lipinski definition) is 1. The monoisotopic (exact) mass is 292 g/mol. The third-order valence-corrected chi connectivity index (χ3v) is 4.94. The molecule has 1 unspecified atom stereocenters. The Hall–Kier alpha value is -1.62. The zero-order chi connectivity index (χ0) is 15.0. The maximum atomic E-state index is 13.8. The first-order chi connectivity index (χ1) is 10.1. The molecule has 1 heterocycles. The Balaban J connectivity index is 1.72. The van der Waals surface area contributed by atoms with Gasteiger partial charge in [0.15, 0.2) is 11.6 Å². The highest BCUT2D eigenvalue weighted by Crippen LogP contribution is 2.59. The normalized spacial score (nSPS) is 22.9. The number of benzene rings is 1. The highest BCUT2D eigenvalue weighted by Gasteiger charge is 2.58. The van der Waals surface area contributed by atoms with Gasteiger partial charge in [-0.1, -0.05) is 0 Å². The first-order valence-corrected chi connectivity index (χ1v) is 7.39. The largest absolute Gasteiger partial charge is 0.494 e. The van der Waals surface area contributed by atoms with Gasteiger partial charge in [-0.25, -0.2) is 4.39 Å². The lowest BCUT2D eigenvalue weighted by Crippen LogP contribution is -2.34. The van der Waals surface area contributed by atoms with Crippen molar-refractivity contribution in [1.29, 1.82) is 0 Å². The molecule has 1 N–H and O–H groups in total. The Morgan fingerprint density at radius 1 is 1.43 bits per heavy atom. The Morgan fingerprint density at radius 2 is 2.14 bits per heavy atom. The maximum absolute atomic E-state index is 13.8. The molecule has 1 spiro atoms. The number of rotatable bonds is 3. The van der Waals surface area contributed by atoms with Crippen molar-refractivity contribution in [1.82, 2.24) is 5.32 Å². The second-order valence-corrected chi connectivity index (χ2v) is 6.09. The number of hydrogen-bond acceptors (Lipinski definition) is 3. The lowest BCUT2D eigenvalue weighted by atomic mass is 9.91. The fraction of sp³-hybridized carbons (Fsp3) is 0.562. The Kier molecular flexibility index (Phi) is 3.61. The van der Waals surface area contributed by atoms with Crippen LogP contribution in [-0.4, -0.2) is 33.2 Å². The molecule has 1 aromatic rings. The summed E-state index contributed by atoms with van der Waals surface area (Å²) < 4.78 is 18.7. The minimum absolute atomic E-state index is 0.0924. The van der Waals surface area contributed by atoms with Crippen molar-refractivity contribution in [2.75, 3.05) is 32.1 Å². The van der Waals surface area contributed by atoms with Gasteiger partial charge in [0.1, 0.15) is 0 Å². The molecule has 0 bridgehead atoms. The van der Waals surface area contributed by atoms with E-state index in [0.717, 1.165) is 32.4 Å². The molecule has 1 aliphatic heterocycles. The number of nitrogens with one attached hydrogen (secondary N) is 1. The topological polar surface area (TPSA) is 41.6 Å². The van der Waals surface area contributed by atoms with E-state index in [1.165, 1.54) is 13.2 Å². The van der Waals surface area contributed by atoms with E-state index < -0.39 is 5.82 Å². The molecule has 2 fully saturated rings. The number of nitrogens with zero attached hydrogens (tertiary/aromatic N) is 1. The summed E-state index contributed by atoms with van der Waals surface area (Å²) in [6.45, 7) is 1.98. The van der Waals surface area contributed by atoms with Crippen molar-refractivity contribution in [3.8, 4) is 5.75 Å². The fourth-order valence-corrected chi connectivity index (χ4v) is 3.40. The fourth-order valence-electron chi connectivity index (χ4n) is 3.40. The summed E-state index contributed by atoms with van der Waals surface area (Å²) in [5.74, 6) is -0.0564. The average molecular weight is 292 g/mol. The van der Waals surface area contributed by atoms with Crippen LogP contribution >= 0.6 is 0 Å². The number of methoxy groups -OCH3 is 1. The Labute approximate surface area is 124 Å². The number of carbonyl (C=O) groups is 1. The molecule has 1 aliphatic carbocycles. The molecular weight excluding hydrogens is 271 g/mol. The molecule has 2 aliphatic rings. The van der Waals surface area contributed by atoms with Crippen LogP contribution in [0.5, 0.6) is 5.75 Å². The Bertz CT molecular complexity index is 555. The van der Waals surface area contributed by atoms with Crippen LogP contribution in [0, 0.1) is 17.2 Å². The third kappa shape index (κ3) is 2.50. The van der Waals surface area contributed by atoms with Crippen LogP contribution in [0.4, 0.5) is 10.1 Å². The summed E-state index contributed by atoms with van der Waals surface area (Å²) in [6.07, 6.45) is 3.10. The average Bonchev–Trinajstić information content (AvgIpc) is 3.19. The van der Waals surface area contributed by atoms with Gasteiger partial charge in [-0.05, 0) is 49.9 Å². The van der Waals surface area contributed by atoms with Crippen LogP contribution in [0.15, 0.2) is 18.2 Å². The summed E-state index contributed by atoms with van der Waals surface area (Å²) in [7, 11) is 3.15. The lowest BCUT2D eigenvalue weighted by molar-refractivity contribution is -0.120. The molecule has 4 nitrogen and oxygen atoms in total. The first-order valence-electron chi connectivity index (χ1n) is 7.39. The van der Waals surface area contributed by atoms with Gasteiger partial charge in [0.2, 0.25) is 5.91 Å². The Morgan fingerprint density at radius 3 is 2.76 bits per heavy atom. The van der Waals surface area contributed by atoms with Gasteiger partial charge in [-0.15, -0.1) is 0 Å². The highest BCUT2D eigenvalue weighted by molar-refractivity contribution is 5.97. The third-order valence-electron chi connectivity index (χ3n) is 4.94. The number of piperidine rings is 1. The molecule has 5 heteroatoms. The number of carbonyl (C=O) groups excluding carboxylic acids is 1. The quantitative estimate of drug-likeness (QED) is 0.928. The summed E-state index contributed by atoms with van der Waals surface area (Å²) in [4.78, 5) is 14.2. The zero-order valence-corrected chi connectivity index (χ0v) is 12.5. The van der Waals surface area contributed by atoms with Crippen molar-refractivity contribution < 1.29 is 13.9 Å². The molecule has 0 radical (unpaired) electrons. The molecule has 0 aromatic heterocycles. The van der Waals surface area contributed by atoms with E-state index in [-0.39, 0.29) is 23.0 Å². The predicted molar refractivity (Wildman–Crippen MR) is 79.0 cm³/mol. The number of halogens is 1. The minimum Gasteiger partial charge on any atom is -0.494 e. The van der Waals surface area contributed by atoms with Gasteiger partial charge in [0.25, 0.3) is 0 Å². The number of amides is 1. The van der Waals surface area contributed by atoms with E-state index in [2.05, 4.69) is 5.32 Å². The second kappa shape index (κ2) is 5.30. The van der Waals surface area contributed by atoms with E-state index in [1.54, 1.807) is 24.1 Å². The SMILES string of the molecule is COc1ccc(N(C)C(=O)C2CC23CCNCC3)cc1F. The van der Waals surface area contributed by atoms with Gasteiger partial charge in [0, 0.05) is 24.7 Å². The van der Waals surface area contributed by atoms with Crippen LogP contribution in [-0.2, 0) is 4.79 Å². The number of ether oxygens (including phenoxy) is 1. The van der Waals surface area contributed by atoms with Crippen LogP contribution in [0.1, 0.15) is 19.3 Å². The van der Waals surface area contributed by atoms with Gasteiger partial charge in [0.05, 0.1) is 7.11 Å². The molecule has 1 amide bonds. The molecule has 21 heavy (non-hydrogen) atoms. The summed E-state index contributed by atoms with van der Waals surface area (Å²) in [6, 6.07) is 4.63. The minimum atomic E-state index is -0.443. The summed E-state index contributed by atoms with van der Waals surface area (Å²) in [5, 5.41) is 3.33. The second-order valence-electron chi connectivity index (χ2n) is 6.09. The van der Waals surface area contributed by atoms with E-state index in [9.17, 15) is 9.18 Å². The van der Waals surface area contributed by atoms with Crippen molar-refractivity contribution >= 4 is 11.6 Å². The van der Waals surface area contributed by atoms with Gasteiger partial charge in [-0.2, -0.15) is 0 Å². The number of anilines is 1. The van der Waals surface area contributed by atoms with Crippen LogP contribution in [0.2, 0.25) is 0 Å². The zero-order valence-electron chi connectivity index (χ0n) is 12.5. The van der Waals surface area contributed by atoms with Crippen LogP contribution in [0.25, 0.3) is 0 Å². The first kappa shape index (κ1) is 14.3. The summed E-state index contributed by atoms with van der Waals surface area (Å²) in [5.41, 5.74) is 0.774. The van der Waals surface area contributed by atoms with E-state index >= 15 is 0 Å². The van der Waals surface area contributed by atoms with Crippen molar-refractivity contribution in [3.63, 3.8) is 0 Å². The van der Waals surface area contributed by atoms with Crippen molar-refractivity contribution in [2.45, 2.75) is 19.3 Å². The van der Waals surface area contributed by atoms with Gasteiger partial charge < -0.3 is 15.0 Å². The smallest absolute Gasteiger partial charge is 0.230 e. The molecule has 114 valence electrons. The highest BCUT2D eigenvalue weighted by atomic mass is 19.1. The van der Waals surface area contributed by atoms with Crippen molar-refractivity contribution in [2.24, 2.45) is 11.3 Å². The van der Waals surface area contributed by atoms with E-state index in [0.29, 0.717) is 5.69 Å². The standard InChI is InChI=1S/C16H21FN2O2/c1-19(11-3-4-14(21-2)13(17)9-11)15(20)12-10-16(12)5-7-18-8-6-16/h3-4,9,12,18H,5-8,10H2,1-2H3. The maximum Gasteiger partial charge on any atom is 0.230 e. The van der Waals surface area contributed by atoms with Gasteiger partial charge >= 0.3 is 0 Å².